The van der Waals surface area contributed by atoms with E-state index in [1.54, 1.807) is 0 Å². The van der Waals surface area contributed by atoms with Crippen molar-refractivity contribution in [1.82, 2.24) is 0 Å². The Hall–Kier alpha value is 0.320. The fourth-order valence-electron chi connectivity index (χ4n) is 5.43. The molecule has 0 aliphatic rings. The topological polar surface area (TPSA) is 27.7 Å². The zero-order valence-corrected chi connectivity index (χ0v) is 31.8. The van der Waals surface area contributed by atoms with Gasteiger partial charge in [0.2, 0.25) is 0 Å². The van der Waals surface area contributed by atoms with Gasteiger partial charge in [0, 0.05) is 23.9 Å². The summed E-state index contributed by atoms with van der Waals surface area (Å²) in [6.07, 6.45) is 41.1. The summed E-state index contributed by atoms with van der Waals surface area (Å²) in [7, 11) is 0. The van der Waals surface area contributed by atoms with Crippen LogP contribution in [0.5, 0.6) is 0 Å². The van der Waals surface area contributed by atoms with E-state index in [9.17, 15) is 0 Å². The molecule has 0 spiro atoms. The lowest BCUT2D eigenvalue weighted by Gasteiger charge is -2.14. The Morgan fingerprint density at radius 2 is 0.837 bits per heavy atom. The summed E-state index contributed by atoms with van der Waals surface area (Å²) in [5, 5.41) is 2.30. The van der Waals surface area contributed by atoms with Gasteiger partial charge in [-0.05, 0) is 76.0 Å². The molecule has 0 N–H and O–H groups in total. The lowest BCUT2D eigenvalue weighted by molar-refractivity contribution is -0.133. The van der Waals surface area contributed by atoms with Gasteiger partial charge in [-0.1, -0.05) is 160 Å². The van der Waals surface area contributed by atoms with E-state index in [1.165, 1.54) is 141 Å². The molecule has 0 bridgehead atoms. The molecule has 3 nitrogen and oxygen atoms in total. The third-order valence-electron chi connectivity index (χ3n) is 8.28. The van der Waals surface area contributed by atoms with Crippen molar-refractivity contribution in [3.05, 3.63) is 24.3 Å². The molecule has 2 unspecified atom stereocenters. The SMILES string of the molecule is CCCCCC(C=CCCCCCCCCBr)CCOCOCOCCC(C=CCCCCCCCCBr)CCCCC. The van der Waals surface area contributed by atoms with Crippen LogP contribution in [0.2, 0.25) is 0 Å². The van der Waals surface area contributed by atoms with Crippen LogP contribution in [0.25, 0.3) is 0 Å². The van der Waals surface area contributed by atoms with Crippen molar-refractivity contribution < 1.29 is 14.2 Å². The van der Waals surface area contributed by atoms with E-state index >= 15 is 0 Å². The standard InChI is InChI=1S/C38H72Br2O3/c1-3-5-19-25-37(27-21-15-11-7-9-13-17-23-31-39)29-33-41-35-43-36-42-34-30-38(26-20-6-4-2)28-22-16-12-8-10-14-18-24-32-40/h21-22,27-28,37-38H,3-20,23-26,29-36H2,1-2H3. The maximum atomic E-state index is 5.82. The molecule has 0 aromatic heterocycles. The van der Waals surface area contributed by atoms with Gasteiger partial charge in [-0.3, -0.25) is 0 Å². The first kappa shape index (κ1) is 43.3. The maximum absolute atomic E-state index is 5.82. The van der Waals surface area contributed by atoms with Crippen LogP contribution >= 0.6 is 31.9 Å². The van der Waals surface area contributed by atoms with Crippen LogP contribution in [0.4, 0.5) is 0 Å². The van der Waals surface area contributed by atoms with Crippen molar-refractivity contribution in [3.63, 3.8) is 0 Å². The number of hydrogen-bond donors (Lipinski definition) is 0. The quantitative estimate of drug-likeness (QED) is 0.0277. The first-order chi connectivity index (χ1) is 21.3. The van der Waals surface area contributed by atoms with E-state index in [4.69, 9.17) is 14.2 Å². The van der Waals surface area contributed by atoms with E-state index in [-0.39, 0.29) is 0 Å². The van der Waals surface area contributed by atoms with Crippen LogP contribution in [0.15, 0.2) is 24.3 Å². The number of unbranched alkanes of at least 4 members (excludes halogenated alkanes) is 16. The summed E-state index contributed by atoms with van der Waals surface area (Å²) in [4.78, 5) is 0. The molecular weight excluding hydrogens is 664 g/mol. The molecule has 0 aromatic carbocycles. The van der Waals surface area contributed by atoms with Crippen LogP contribution in [-0.2, 0) is 14.2 Å². The first-order valence-electron chi connectivity index (χ1n) is 18.5. The Labute approximate surface area is 286 Å². The van der Waals surface area contributed by atoms with Crippen molar-refractivity contribution >= 4 is 31.9 Å². The molecular formula is C38H72Br2O3. The molecule has 43 heavy (non-hydrogen) atoms. The third-order valence-corrected chi connectivity index (χ3v) is 9.40. The second-order valence-corrected chi connectivity index (χ2v) is 14.0. The predicted molar refractivity (Wildman–Crippen MR) is 198 cm³/mol. The average molecular weight is 737 g/mol. The predicted octanol–water partition coefficient (Wildman–Crippen LogP) is 13.5. The summed E-state index contributed by atoms with van der Waals surface area (Å²) in [5.74, 6) is 1.26. The summed E-state index contributed by atoms with van der Waals surface area (Å²) >= 11 is 7.05. The van der Waals surface area contributed by atoms with E-state index in [2.05, 4.69) is 70.0 Å². The zero-order valence-electron chi connectivity index (χ0n) is 28.7. The number of halogens is 2. The summed E-state index contributed by atoms with van der Waals surface area (Å²) in [5.41, 5.74) is 0. The van der Waals surface area contributed by atoms with Crippen molar-refractivity contribution in [2.75, 3.05) is 37.5 Å². The monoisotopic (exact) mass is 734 g/mol. The van der Waals surface area contributed by atoms with Gasteiger partial charge in [-0.2, -0.15) is 0 Å². The number of ether oxygens (including phenoxy) is 3. The minimum absolute atomic E-state index is 0.330. The number of rotatable bonds is 36. The fraction of sp³-hybridized carbons (Fsp3) is 0.895. The van der Waals surface area contributed by atoms with Gasteiger partial charge in [0.05, 0.1) is 0 Å². The van der Waals surface area contributed by atoms with Crippen molar-refractivity contribution in [2.24, 2.45) is 11.8 Å². The molecule has 0 rings (SSSR count). The van der Waals surface area contributed by atoms with Crippen LogP contribution in [0.3, 0.4) is 0 Å². The van der Waals surface area contributed by atoms with Gasteiger partial charge in [0.25, 0.3) is 0 Å². The summed E-state index contributed by atoms with van der Waals surface area (Å²) in [6, 6.07) is 0. The highest BCUT2D eigenvalue weighted by Crippen LogP contribution is 2.18. The van der Waals surface area contributed by atoms with E-state index in [1.807, 2.05) is 0 Å². The first-order valence-corrected chi connectivity index (χ1v) is 20.7. The Morgan fingerprint density at radius 3 is 1.23 bits per heavy atom. The van der Waals surface area contributed by atoms with Gasteiger partial charge in [0.15, 0.2) is 0 Å². The molecule has 0 aliphatic heterocycles. The summed E-state index contributed by atoms with van der Waals surface area (Å²) in [6.45, 7) is 6.75. The molecule has 0 aromatic rings. The molecule has 0 saturated carbocycles. The largest absolute Gasteiger partial charge is 0.355 e. The van der Waals surface area contributed by atoms with Crippen LogP contribution < -0.4 is 0 Å². The van der Waals surface area contributed by atoms with Gasteiger partial charge in [0.1, 0.15) is 13.6 Å². The maximum Gasteiger partial charge on any atom is 0.149 e. The minimum atomic E-state index is 0.330. The van der Waals surface area contributed by atoms with Crippen LogP contribution in [-0.4, -0.2) is 37.5 Å². The second kappa shape index (κ2) is 38.5. The van der Waals surface area contributed by atoms with E-state index < -0.39 is 0 Å². The highest BCUT2D eigenvalue weighted by molar-refractivity contribution is 9.09. The van der Waals surface area contributed by atoms with Gasteiger partial charge >= 0.3 is 0 Å². The minimum Gasteiger partial charge on any atom is -0.355 e. The molecule has 0 saturated heterocycles. The third kappa shape index (κ3) is 35.0. The van der Waals surface area contributed by atoms with Crippen LogP contribution in [0.1, 0.15) is 168 Å². The molecule has 0 fully saturated rings. The van der Waals surface area contributed by atoms with Gasteiger partial charge in [-0.15, -0.1) is 0 Å². The van der Waals surface area contributed by atoms with E-state index in [0.29, 0.717) is 25.4 Å². The molecule has 5 heteroatoms. The number of allylic oxidation sites excluding steroid dienone is 4. The van der Waals surface area contributed by atoms with Crippen molar-refractivity contribution in [2.45, 2.75) is 168 Å². The van der Waals surface area contributed by atoms with Crippen molar-refractivity contribution in [3.8, 4) is 0 Å². The van der Waals surface area contributed by atoms with Crippen molar-refractivity contribution in [1.29, 1.82) is 0 Å². The number of alkyl halides is 2. The number of hydrogen-bond acceptors (Lipinski definition) is 3. The Morgan fingerprint density at radius 1 is 0.442 bits per heavy atom. The second-order valence-electron chi connectivity index (χ2n) is 12.4. The van der Waals surface area contributed by atoms with Crippen LogP contribution in [0, 0.1) is 11.8 Å². The smallest absolute Gasteiger partial charge is 0.149 e. The normalized spacial score (nSPS) is 13.5. The molecule has 0 radical (unpaired) electrons. The Balaban J connectivity index is 4.02. The highest BCUT2D eigenvalue weighted by Gasteiger charge is 2.06. The lowest BCUT2D eigenvalue weighted by atomic mass is 9.97. The van der Waals surface area contributed by atoms with E-state index in [0.717, 1.165) is 36.7 Å². The molecule has 2 atom stereocenters. The summed E-state index contributed by atoms with van der Waals surface area (Å²) < 4.78 is 17.3. The van der Waals surface area contributed by atoms with Gasteiger partial charge in [-0.25, -0.2) is 0 Å². The zero-order chi connectivity index (χ0) is 31.3. The molecule has 0 aliphatic carbocycles. The van der Waals surface area contributed by atoms with Gasteiger partial charge < -0.3 is 14.2 Å². The molecule has 0 heterocycles. The lowest BCUT2D eigenvalue weighted by Crippen LogP contribution is -2.10. The molecule has 256 valence electrons. The Kier molecular flexibility index (Phi) is 38.8. The fourth-order valence-corrected chi connectivity index (χ4v) is 6.22. The Bertz CT molecular complexity index is 521. The highest BCUT2D eigenvalue weighted by atomic mass is 79.9. The average Bonchev–Trinajstić information content (AvgIpc) is 3.01. The molecule has 0 amide bonds.